The Hall–Kier alpha value is -1.59. The maximum atomic E-state index is 12.3. The van der Waals surface area contributed by atoms with Gasteiger partial charge in [0.1, 0.15) is 5.54 Å². The molecular formula is C14H20N2O4. The summed E-state index contributed by atoms with van der Waals surface area (Å²) >= 11 is 0. The molecule has 2 N–H and O–H groups in total. The van der Waals surface area contributed by atoms with Crippen LogP contribution in [0, 0.1) is 5.92 Å². The summed E-state index contributed by atoms with van der Waals surface area (Å²) < 4.78 is 0. The predicted molar refractivity (Wildman–Crippen MR) is 69.8 cm³/mol. The minimum atomic E-state index is -1.10. The molecule has 3 aliphatic rings. The fraction of sp³-hybridized carbons (Fsp3) is 0.786. The van der Waals surface area contributed by atoms with E-state index in [0.29, 0.717) is 25.4 Å². The van der Waals surface area contributed by atoms with Crippen molar-refractivity contribution in [3.05, 3.63) is 0 Å². The molecule has 1 unspecified atom stereocenters. The Morgan fingerprint density at radius 2 is 1.90 bits per heavy atom. The quantitative estimate of drug-likeness (QED) is 0.785. The van der Waals surface area contributed by atoms with Crippen LogP contribution in [0.15, 0.2) is 0 Å². The summed E-state index contributed by atoms with van der Waals surface area (Å²) in [6.45, 7) is 0.449. The molecule has 0 spiro atoms. The van der Waals surface area contributed by atoms with Crippen molar-refractivity contribution in [2.75, 3.05) is 6.54 Å². The van der Waals surface area contributed by atoms with Crippen molar-refractivity contribution in [3.8, 4) is 0 Å². The number of aliphatic carboxylic acids is 1. The number of rotatable bonds is 4. The van der Waals surface area contributed by atoms with E-state index in [1.54, 1.807) is 4.90 Å². The Kier molecular flexibility index (Phi) is 3.18. The van der Waals surface area contributed by atoms with Crippen LogP contribution in [0.1, 0.15) is 44.9 Å². The van der Waals surface area contributed by atoms with E-state index in [-0.39, 0.29) is 24.2 Å². The van der Waals surface area contributed by atoms with Gasteiger partial charge in [-0.15, -0.1) is 0 Å². The molecule has 110 valence electrons. The Balaban J connectivity index is 1.64. The first-order valence-electron chi connectivity index (χ1n) is 7.37. The zero-order valence-corrected chi connectivity index (χ0v) is 11.4. The molecule has 1 atom stereocenters. The lowest BCUT2D eigenvalue weighted by atomic mass is 9.96. The topological polar surface area (TPSA) is 86.7 Å². The SMILES string of the molecule is O=C(NC1(C(=O)O)CCCC1)C1CC(=O)N(C2CC2)C1. The van der Waals surface area contributed by atoms with Crippen LogP contribution in [-0.2, 0) is 14.4 Å². The molecule has 0 aromatic rings. The summed E-state index contributed by atoms with van der Waals surface area (Å²) in [5.41, 5.74) is -1.10. The summed E-state index contributed by atoms with van der Waals surface area (Å²) in [6, 6.07) is 0.320. The summed E-state index contributed by atoms with van der Waals surface area (Å²) in [7, 11) is 0. The standard InChI is InChI=1S/C14H20N2O4/c17-11-7-9(8-16(11)10-3-4-10)12(18)15-14(13(19)20)5-1-2-6-14/h9-10H,1-8H2,(H,15,18)(H,19,20). The first kappa shape index (κ1) is 13.4. The van der Waals surface area contributed by atoms with Crippen molar-refractivity contribution in [1.29, 1.82) is 0 Å². The molecule has 3 rings (SSSR count). The number of hydrogen-bond acceptors (Lipinski definition) is 3. The van der Waals surface area contributed by atoms with E-state index in [1.165, 1.54) is 0 Å². The van der Waals surface area contributed by atoms with E-state index in [9.17, 15) is 19.5 Å². The number of nitrogens with zero attached hydrogens (tertiary/aromatic N) is 1. The lowest BCUT2D eigenvalue weighted by Crippen LogP contribution is -2.54. The highest BCUT2D eigenvalue weighted by Gasteiger charge is 2.46. The third-order valence-electron chi connectivity index (χ3n) is 4.75. The minimum absolute atomic E-state index is 0.0310. The normalized spacial score (nSPS) is 28.7. The Morgan fingerprint density at radius 1 is 1.25 bits per heavy atom. The van der Waals surface area contributed by atoms with Crippen LogP contribution in [0.2, 0.25) is 0 Å². The van der Waals surface area contributed by atoms with Crippen molar-refractivity contribution < 1.29 is 19.5 Å². The van der Waals surface area contributed by atoms with Crippen LogP contribution >= 0.6 is 0 Å². The van der Waals surface area contributed by atoms with Gasteiger partial charge in [-0.2, -0.15) is 0 Å². The van der Waals surface area contributed by atoms with Crippen molar-refractivity contribution >= 4 is 17.8 Å². The van der Waals surface area contributed by atoms with Gasteiger partial charge in [-0.25, -0.2) is 4.79 Å². The molecule has 1 heterocycles. The van der Waals surface area contributed by atoms with Crippen LogP contribution in [-0.4, -0.2) is 45.9 Å². The van der Waals surface area contributed by atoms with Crippen LogP contribution in [0.5, 0.6) is 0 Å². The van der Waals surface area contributed by atoms with Gasteiger partial charge in [-0.1, -0.05) is 12.8 Å². The molecular weight excluding hydrogens is 260 g/mol. The molecule has 1 aliphatic heterocycles. The molecule has 0 aromatic carbocycles. The van der Waals surface area contributed by atoms with E-state index < -0.39 is 11.5 Å². The predicted octanol–water partition coefficient (Wildman–Crippen LogP) is 0.511. The molecule has 0 aromatic heterocycles. The van der Waals surface area contributed by atoms with Gasteiger partial charge in [-0.3, -0.25) is 9.59 Å². The Morgan fingerprint density at radius 3 is 2.45 bits per heavy atom. The molecule has 0 bridgehead atoms. The van der Waals surface area contributed by atoms with Gasteiger partial charge in [0.15, 0.2) is 0 Å². The zero-order chi connectivity index (χ0) is 14.3. The molecule has 2 amide bonds. The smallest absolute Gasteiger partial charge is 0.329 e. The Labute approximate surface area is 117 Å². The number of carboxylic acid groups (broad SMARTS) is 1. The molecule has 1 saturated heterocycles. The van der Waals surface area contributed by atoms with Crippen LogP contribution in [0.25, 0.3) is 0 Å². The lowest BCUT2D eigenvalue weighted by Gasteiger charge is -2.27. The number of likely N-dealkylation sites (tertiary alicyclic amines) is 1. The summed E-state index contributed by atoms with van der Waals surface area (Å²) in [5, 5.41) is 12.1. The first-order chi connectivity index (χ1) is 9.52. The second-order valence-corrected chi connectivity index (χ2v) is 6.26. The first-order valence-corrected chi connectivity index (χ1v) is 7.37. The maximum Gasteiger partial charge on any atom is 0.329 e. The molecule has 2 aliphatic carbocycles. The second-order valence-electron chi connectivity index (χ2n) is 6.26. The van der Waals surface area contributed by atoms with Crippen LogP contribution < -0.4 is 5.32 Å². The third kappa shape index (κ3) is 2.27. The fourth-order valence-corrected chi connectivity index (χ4v) is 3.36. The average molecular weight is 280 g/mol. The Bertz CT molecular complexity index is 452. The van der Waals surface area contributed by atoms with E-state index in [0.717, 1.165) is 25.7 Å². The highest BCUT2D eigenvalue weighted by atomic mass is 16.4. The van der Waals surface area contributed by atoms with Crippen molar-refractivity contribution in [3.63, 3.8) is 0 Å². The summed E-state index contributed by atoms with van der Waals surface area (Å²) in [4.78, 5) is 37.4. The molecule has 3 fully saturated rings. The van der Waals surface area contributed by atoms with E-state index in [2.05, 4.69) is 5.32 Å². The number of carboxylic acids is 1. The molecule has 2 saturated carbocycles. The maximum absolute atomic E-state index is 12.3. The minimum Gasteiger partial charge on any atom is -0.480 e. The van der Waals surface area contributed by atoms with E-state index in [4.69, 9.17) is 0 Å². The van der Waals surface area contributed by atoms with Gasteiger partial charge in [0.05, 0.1) is 5.92 Å². The van der Waals surface area contributed by atoms with Gasteiger partial charge in [-0.05, 0) is 25.7 Å². The van der Waals surface area contributed by atoms with Crippen LogP contribution in [0.4, 0.5) is 0 Å². The monoisotopic (exact) mass is 280 g/mol. The number of amides is 2. The summed E-state index contributed by atoms with van der Waals surface area (Å²) in [6.07, 6.45) is 4.90. The lowest BCUT2D eigenvalue weighted by molar-refractivity contribution is -0.148. The zero-order valence-electron chi connectivity index (χ0n) is 11.4. The molecule has 6 nitrogen and oxygen atoms in total. The van der Waals surface area contributed by atoms with E-state index >= 15 is 0 Å². The van der Waals surface area contributed by atoms with E-state index in [1.807, 2.05) is 0 Å². The number of carbonyl (C=O) groups is 3. The molecule has 6 heteroatoms. The number of nitrogens with one attached hydrogen (secondary N) is 1. The largest absolute Gasteiger partial charge is 0.480 e. The highest BCUT2D eigenvalue weighted by Crippen LogP contribution is 2.34. The molecule has 20 heavy (non-hydrogen) atoms. The van der Waals surface area contributed by atoms with Gasteiger partial charge in [0, 0.05) is 19.0 Å². The van der Waals surface area contributed by atoms with Gasteiger partial charge >= 0.3 is 5.97 Å². The summed E-state index contributed by atoms with van der Waals surface area (Å²) in [5.74, 6) is -1.58. The highest BCUT2D eigenvalue weighted by molar-refractivity contribution is 5.93. The van der Waals surface area contributed by atoms with Gasteiger partial charge in [0.25, 0.3) is 0 Å². The fourth-order valence-electron chi connectivity index (χ4n) is 3.36. The van der Waals surface area contributed by atoms with Crippen molar-refractivity contribution in [2.45, 2.75) is 56.5 Å². The van der Waals surface area contributed by atoms with Crippen molar-refractivity contribution in [2.24, 2.45) is 5.92 Å². The van der Waals surface area contributed by atoms with Crippen molar-refractivity contribution in [1.82, 2.24) is 10.2 Å². The number of hydrogen-bond donors (Lipinski definition) is 2. The second kappa shape index (κ2) is 4.75. The van der Waals surface area contributed by atoms with Crippen LogP contribution in [0.3, 0.4) is 0 Å². The van der Waals surface area contributed by atoms with Gasteiger partial charge < -0.3 is 15.3 Å². The third-order valence-corrected chi connectivity index (χ3v) is 4.75. The average Bonchev–Trinajstić information content (AvgIpc) is 2.99. The van der Waals surface area contributed by atoms with Gasteiger partial charge in [0.2, 0.25) is 11.8 Å². The number of carbonyl (C=O) groups excluding carboxylic acids is 2. The molecule has 0 radical (unpaired) electrons.